The SMILES string of the molecule is CCN(CC)c1nc(-c2cccc(-c3ccn(C)n3)c2)nc(N2CCOCC2)c1N. The van der Waals surface area contributed by atoms with Gasteiger partial charge in [-0.2, -0.15) is 5.10 Å². The van der Waals surface area contributed by atoms with Gasteiger partial charge in [0.2, 0.25) is 0 Å². The van der Waals surface area contributed by atoms with Gasteiger partial charge in [0.1, 0.15) is 5.69 Å². The lowest BCUT2D eigenvalue weighted by Crippen LogP contribution is -2.38. The molecule has 0 bridgehead atoms. The third-order valence-electron chi connectivity index (χ3n) is 5.41. The minimum atomic E-state index is 0.630. The lowest BCUT2D eigenvalue weighted by Gasteiger charge is -2.31. The van der Waals surface area contributed by atoms with Crippen molar-refractivity contribution in [2.45, 2.75) is 13.8 Å². The van der Waals surface area contributed by atoms with Crippen molar-refractivity contribution in [1.29, 1.82) is 0 Å². The Labute approximate surface area is 177 Å². The molecule has 0 aliphatic carbocycles. The molecule has 1 fully saturated rings. The fourth-order valence-electron chi connectivity index (χ4n) is 3.74. The number of aromatic nitrogens is 4. The molecule has 2 aromatic heterocycles. The molecule has 1 saturated heterocycles. The van der Waals surface area contributed by atoms with Crippen molar-refractivity contribution >= 4 is 17.3 Å². The van der Waals surface area contributed by atoms with Crippen LogP contribution in [0.1, 0.15) is 13.8 Å². The van der Waals surface area contributed by atoms with E-state index in [0.717, 1.165) is 54.6 Å². The van der Waals surface area contributed by atoms with Gasteiger partial charge in [-0.1, -0.05) is 18.2 Å². The normalized spacial score (nSPS) is 14.2. The van der Waals surface area contributed by atoms with Crippen molar-refractivity contribution in [2.24, 2.45) is 7.05 Å². The number of aryl methyl sites for hydroxylation is 1. The summed E-state index contributed by atoms with van der Waals surface area (Å²) >= 11 is 0. The number of benzene rings is 1. The van der Waals surface area contributed by atoms with Crippen LogP contribution in [-0.4, -0.2) is 59.1 Å². The van der Waals surface area contributed by atoms with Gasteiger partial charge in [-0.05, 0) is 26.0 Å². The number of nitrogens with two attached hydrogens (primary N) is 1. The van der Waals surface area contributed by atoms with Crippen molar-refractivity contribution in [3.05, 3.63) is 36.5 Å². The molecule has 4 rings (SSSR count). The summed E-state index contributed by atoms with van der Waals surface area (Å²) in [5.41, 5.74) is 10.1. The maximum atomic E-state index is 6.57. The molecule has 0 unspecified atom stereocenters. The van der Waals surface area contributed by atoms with Crippen LogP contribution in [0.2, 0.25) is 0 Å². The molecule has 0 spiro atoms. The van der Waals surface area contributed by atoms with E-state index in [1.54, 1.807) is 4.68 Å². The van der Waals surface area contributed by atoms with Crippen molar-refractivity contribution in [3.63, 3.8) is 0 Å². The molecule has 1 aliphatic heterocycles. The van der Waals surface area contributed by atoms with Gasteiger partial charge in [0, 0.05) is 50.6 Å². The van der Waals surface area contributed by atoms with Gasteiger partial charge in [-0.25, -0.2) is 9.97 Å². The fourth-order valence-corrected chi connectivity index (χ4v) is 3.74. The third-order valence-corrected chi connectivity index (χ3v) is 5.41. The second-order valence-electron chi connectivity index (χ2n) is 7.34. The van der Waals surface area contributed by atoms with Crippen LogP contribution in [0.5, 0.6) is 0 Å². The summed E-state index contributed by atoms with van der Waals surface area (Å²) in [6.07, 6.45) is 1.94. The Hall–Kier alpha value is -3.13. The topological polar surface area (TPSA) is 85.3 Å². The zero-order valence-electron chi connectivity index (χ0n) is 17.9. The average Bonchev–Trinajstić information content (AvgIpc) is 3.23. The molecule has 30 heavy (non-hydrogen) atoms. The largest absolute Gasteiger partial charge is 0.393 e. The summed E-state index contributed by atoms with van der Waals surface area (Å²) in [5.74, 6) is 2.24. The van der Waals surface area contributed by atoms with Crippen LogP contribution in [0.15, 0.2) is 36.5 Å². The number of hydrogen-bond donors (Lipinski definition) is 1. The monoisotopic (exact) mass is 407 g/mol. The van der Waals surface area contributed by atoms with E-state index in [1.165, 1.54) is 0 Å². The summed E-state index contributed by atoms with van der Waals surface area (Å²) in [4.78, 5) is 14.2. The summed E-state index contributed by atoms with van der Waals surface area (Å²) in [6.45, 7) is 8.77. The summed E-state index contributed by atoms with van der Waals surface area (Å²) in [6, 6.07) is 10.2. The Bertz CT molecular complexity index is 1010. The minimum Gasteiger partial charge on any atom is -0.393 e. The number of nitrogens with zero attached hydrogens (tertiary/aromatic N) is 6. The standard InChI is InChI=1S/C22H29N7O/c1-4-28(5-2)21-19(23)22(29-11-13-30-14-12-29)25-20(24-21)17-8-6-7-16(15-17)18-9-10-27(3)26-18/h6-10,15H,4-5,11-14,23H2,1-3H3. The van der Waals surface area contributed by atoms with E-state index in [2.05, 4.69) is 40.9 Å². The molecular weight excluding hydrogens is 378 g/mol. The van der Waals surface area contributed by atoms with E-state index in [1.807, 2.05) is 31.4 Å². The predicted molar refractivity (Wildman–Crippen MR) is 121 cm³/mol. The van der Waals surface area contributed by atoms with E-state index in [0.29, 0.717) is 24.7 Å². The highest BCUT2D eigenvalue weighted by Crippen LogP contribution is 2.34. The van der Waals surface area contributed by atoms with Crippen molar-refractivity contribution in [3.8, 4) is 22.6 Å². The van der Waals surface area contributed by atoms with Crippen LogP contribution in [-0.2, 0) is 11.8 Å². The molecule has 8 heteroatoms. The van der Waals surface area contributed by atoms with Gasteiger partial charge in [-0.15, -0.1) is 0 Å². The highest BCUT2D eigenvalue weighted by molar-refractivity contribution is 5.80. The molecule has 0 atom stereocenters. The predicted octanol–water partition coefficient (Wildman–Crippen LogP) is 2.81. The Balaban J connectivity index is 1.81. The van der Waals surface area contributed by atoms with Crippen LogP contribution in [0, 0.1) is 0 Å². The Kier molecular flexibility index (Phi) is 5.85. The lowest BCUT2D eigenvalue weighted by molar-refractivity contribution is 0.122. The van der Waals surface area contributed by atoms with E-state index in [4.69, 9.17) is 20.4 Å². The Morgan fingerprint density at radius 1 is 1.07 bits per heavy atom. The minimum absolute atomic E-state index is 0.630. The van der Waals surface area contributed by atoms with Gasteiger partial charge in [0.15, 0.2) is 17.5 Å². The molecule has 0 radical (unpaired) electrons. The van der Waals surface area contributed by atoms with E-state index in [-0.39, 0.29) is 0 Å². The maximum absolute atomic E-state index is 6.57. The van der Waals surface area contributed by atoms with E-state index < -0.39 is 0 Å². The number of morpholine rings is 1. The second-order valence-corrected chi connectivity index (χ2v) is 7.34. The molecule has 3 heterocycles. The van der Waals surface area contributed by atoms with Gasteiger partial charge in [0.25, 0.3) is 0 Å². The van der Waals surface area contributed by atoms with E-state index in [9.17, 15) is 0 Å². The molecule has 3 aromatic rings. The number of anilines is 3. The first-order valence-electron chi connectivity index (χ1n) is 10.5. The maximum Gasteiger partial charge on any atom is 0.164 e. The fraction of sp³-hybridized carbons (Fsp3) is 0.409. The van der Waals surface area contributed by atoms with Crippen molar-refractivity contribution in [2.75, 3.05) is 54.9 Å². The first-order chi connectivity index (χ1) is 14.6. The summed E-state index contributed by atoms with van der Waals surface area (Å²) in [5, 5.41) is 4.52. The molecule has 1 aliphatic rings. The number of rotatable bonds is 6. The highest BCUT2D eigenvalue weighted by Gasteiger charge is 2.22. The van der Waals surface area contributed by atoms with E-state index >= 15 is 0 Å². The smallest absolute Gasteiger partial charge is 0.164 e. The van der Waals surface area contributed by atoms with Crippen LogP contribution in [0.25, 0.3) is 22.6 Å². The second kappa shape index (κ2) is 8.71. The average molecular weight is 408 g/mol. The zero-order valence-corrected chi connectivity index (χ0v) is 17.9. The molecule has 0 amide bonds. The van der Waals surface area contributed by atoms with Crippen LogP contribution < -0.4 is 15.5 Å². The lowest BCUT2D eigenvalue weighted by atomic mass is 10.1. The summed E-state index contributed by atoms with van der Waals surface area (Å²) < 4.78 is 7.32. The van der Waals surface area contributed by atoms with Crippen molar-refractivity contribution in [1.82, 2.24) is 19.7 Å². The molecular formula is C22H29N7O. The van der Waals surface area contributed by atoms with Gasteiger partial charge in [-0.3, -0.25) is 4.68 Å². The highest BCUT2D eigenvalue weighted by atomic mass is 16.5. The van der Waals surface area contributed by atoms with Crippen molar-refractivity contribution < 1.29 is 4.74 Å². The quantitative estimate of drug-likeness (QED) is 0.672. The van der Waals surface area contributed by atoms with Gasteiger partial charge < -0.3 is 20.3 Å². The van der Waals surface area contributed by atoms with Crippen LogP contribution in [0.3, 0.4) is 0 Å². The van der Waals surface area contributed by atoms with Crippen LogP contribution in [0.4, 0.5) is 17.3 Å². The number of ether oxygens (including phenoxy) is 1. The first kappa shape index (κ1) is 20.2. The Morgan fingerprint density at radius 2 is 1.80 bits per heavy atom. The summed E-state index contributed by atoms with van der Waals surface area (Å²) in [7, 11) is 1.92. The number of hydrogen-bond acceptors (Lipinski definition) is 7. The Morgan fingerprint density at radius 3 is 2.47 bits per heavy atom. The zero-order chi connectivity index (χ0) is 21.1. The third kappa shape index (κ3) is 3.95. The molecule has 2 N–H and O–H groups in total. The molecule has 8 nitrogen and oxygen atoms in total. The molecule has 158 valence electrons. The van der Waals surface area contributed by atoms with Gasteiger partial charge >= 0.3 is 0 Å². The number of nitrogen functional groups attached to an aromatic ring is 1. The van der Waals surface area contributed by atoms with Crippen LogP contribution >= 0.6 is 0 Å². The first-order valence-corrected chi connectivity index (χ1v) is 10.5. The van der Waals surface area contributed by atoms with Gasteiger partial charge in [0.05, 0.1) is 18.9 Å². The molecule has 0 saturated carbocycles. The molecule has 1 aromatic carbocycles.